The number of benzene rings is 1. The summed E-state index contributed by atoms with van der Waals surface area (Å²) in [5, 5.41) is 4.50. The predicted octanol–water partition coefficient (Wildman–Crippen LogP) is 2.43. The van der Waals surface area contributed by atoms with Gasteiger partial charge in [0.25, 0.3) is 0 Å². The first kappa shape index (κ1) is 19.7. The highest BCUT2D eigenvalue weighted by Crippen LogP contribution is 2.32. The Labute approximate surface area is 170 Å². The number of carbonyl (C=O) groups is 1. The minimum atomic E-state index is -0.361. The van der Waals surface area contributed by atoms with E-state index in [9.17, 15) is 4.79 Å². The van der Waals surface area contributed by atoms with Crippen molar-refractivity contribution in [3.63, 3.8) is 0 Å². The molecule has 0 spiro atoms. The summed E-state index contributed by atoms with van der Waals surface area (Å²) in [4.78, 5) is 14.8. The third-order valence-electron chi connectivity index (χ3n) is 5.00. The van der Waals surface area contributed by atoms with Gasteiger partial charge >= 0.3 is 5.97 Å². The standard InChI is InChI=1S/C21H27N3O5/c1-4-26-21(25)17-10-22-24(16-5-6-19-20(9-16)28-8-7-27-19)18(17)13-23-11-14(2)29-15(3)12-23/h5-6,9-10,14-15H,4,7-8,11-13H2,1-3H3/t14-,15+. The molecule has 2 atom stereocenters. The van der Waals surface area contributed by atoms with E-state index in [2.05, 4.69) is 23.8 Å². The molecule has 0 amide bonds. The SMILES string of the molecule is CCOC(=O)c1cnn(-c2ccc3c(c2)OCCO3)c1CN1C[C@@H](C)O[C@@H](C)C1. The maximum atomic E-state index is 12.5. The van der Waals surface area contributed by atoms with Gasteiger partial charge in [-0.2, -0.15) is 5.10 Å². The van der Waals surface area contributed by atoms with Crippen LogP contribution in [0.25, 0.3) is 5.69 Å². The summed E-state index contributed by atoms with van der Waals surface area (Å²) in [7, 11) is 0. The van der Waals surface area contributed by atoms with Crippen molar-refractivity contribution in [3.8, 4) is 17.2 Å². The van der Waals surface area contributed by atoms with Crippen LogP contribution in [0.4, 0.5) is 0 Å². The van der Waals surface area contributed by atoms with E-state index in [1.807, 2.05) is 18.2 Å². The van der Waals surface area contributed by atoms with Crippen molar-refractivity contribution in [1.29, 1.82) is 0 Å². The van der Waals surface area contributed by atoms with E-state index in [-0.39, 0.29) is 18.2 Å². The Hall–Kier alpha value is -2.58. The molecule has 0 bridgehead atoms. The van der Waals surface area contributed by atoms with Gasteiger partial charge in [-0.15, -0.1) is 0 Å². The molecule has 2 aromatic rings. The van der Waals surface area contributed by atoms with Crippen molar-refractivity contribution in [2.24, 2.45) is 0 Å². The van der Waals surface area contributed by atoms with Gasteiger partial charge in [0.2, 0.25) is 0 Å². The predicted molar refractivity (Wildman–Crippen MR) is 106 cm³/mol. The van der Waals surface area contributed by atoms with Gasteiger partial charge in [-0.3, -0.25) is 4.90 Å². The topological polar surface area (TPSA) is 75.0 Å². The van der Waals surface area contributed by atoms with Crippen molar-refractivity contribution < 1.29 is 23.7 Å². The number of esters is 1. The Bertz CT molecular complexity index is 871. The molecule has 0 unspecified atom stereocenters. The lowest BCUT2D eigenvalue weighted by atomic mass is 10.1. The maximum Gasteiger partial charge on any atom is 0.341 e. The zero-order valence-corrected chi connectivity index (χ0v) is 17.1. The van der Waals surface area contributed by atoms with Gasteiger partial charge in [0.05, 0.1) is 36.4 Å². The zero-order valence-electron chi connectivity index (χ0n) is 17.1. The molecule has 1 fully saturated rings. The first-order valence-corrected chi connectivity index (χ1v) is 10.1. The molecule has 0 saturated carbocycles. The van der Waals surface area contributed by atoms with E-state index in [1.165, 1.54) is 0 Å². The molecular weight excluding hydrogens is 374 g/mol. The van der Waals surface area contributed by atoms with Gasteiger partial charge in [-0.25, -0.2) is 9.48 Å². The van der Waals surface area contributed by atoms with Gasteiger partial charge in [0, 0.05) is 25.7 Å². The summed E-state index contributed by atoms with van der Waals surface area (Å²) in [6, 6.07) is 5.69. The summed E-state index contributed by atoms with van der Waals surface area (Å²) in [6.45, 7) is 9.45. The Balaban J connectivity index is 1.69. The monoisotopic (exact) mass is 401 g/mol. The van der Waals surface area contributed by atoms with Crippen molar-refractivity contribution in [2.75, 3.05) is 32.9 Å². The van der Waals surface area contributed by atoms with E-state index in [0.717, 1.165) is 30.2 Å². The van der Waals surface area contributed by atoms with Crippen LogP contribution in [0.5, 0.6) is 11.5 Å². The van der Waals surface area contributed by atoms with Crippen LogP contribution in [0.3, 0.4) is 0 Å². The fourth-order valence-electron chi connectivity index (χ4n) is 3.92. The number of carbonyl (C=O) groups excluding carboxylic acids is 1. The Morgan fingerprint density at radius 3 is 2.62 bits per heavy atom. The van der Waals surface area contributed by atoms with E-state index in [4.69, 9.17) is 18.9 Å². The summed E-state index contributed by atoms with van der Waals surface area (Å²) in [5.74, 6) is 1.04. The molecule has 1 saturated heterocycles. The average Bonchev–Trinajstić information content (AvgIpc) is 3.10. The van der Waals surface area contributed by atoms with Crippen molar-refractivity contribution in [2.45, 2.75) is 39.5 Å². The van der Waals surface area contributed by atoms with Gasteiger partial charge in [-0.05, 0) is 32.9 Å². The number of hydrogen-bond donors (Lipinski definition) is 0. The fraction of sp³-hybridized carbons (Fsp3) is 0.524. The molecular formula is C21H27N3O5. The van der Waals surface area contributed by atoms with Crippen molar-refractivity contribution in [3.05, 3.63) is 35.7 Å². The molecule has 8 heteroatoms. The quantitative estimate of drug-likeness (QED) is 0.713. The minimum Gasteiger partial charge on any atom is -0.486 e. The molecule has 4 rings (SSSR count). The molecule has 0 aliphatic carbocycles. The lowest BCUT2D eigenvalue weighted by Crippen LogP contribution is -2.45. The highest BCUT2D eigenvalue weighted by atomic mass is 16.6. The van der Waals surface area contributed by atoms with E-state index in [0.29, 0.717) is 37.7 Å². The largest absolute Gasteiger partial charge is 0.486 e. The van der Waals surface area contributed by atoms with Gasteiger partial charge < -0.3 is 18.9 Å². The van der Waals surface area contributed by atoms with E-state index in [1.54, 1.807) is 17.8 Å². The number of rotatable bonds is 5. The van der Waals surface area contributed by atoms with E-state index < -0.39 is 0 Å². The highest BCUT2D eigenvalue weighted by molar-refractivity contribution is 5.90. The van der Waals surface area contributed by atoms with E-state index >= 15 is 0 Å². The molecule has 29 heavy (non-hydrogen) atoms. The molecule has 156 valence electrons. The summed E-state index contributed by atoms with van der Waals surface area (Å²) < 4.78 is 24.2. The first-order chi connectivity index (χ1) is 14.0. The zero-order chi connectivity index (χ0) is 20.4. The Kier molecular flexibility index (Phi) is 5.73. The van der Waals surface area contributed by atoms with Crippen LogP contribution in [0.1, 0.15) is 36.8 Å². The Morgan fingerprint density at radius 2 is 1.90 bits per heavy atom. The first-order valence-electron chi connectivity index (χ1n) is 10.1. The molecule has 2 aliphatic rings. The lowest BCUT2D eigenvalue weighted by Gasteiger charge is -2.35. The summed E-state index contributed by atoms with van der Waals surface area (Å²) >= 11 is 0. The average molecular weight is 401 g/mol. The van der Waals surface area contributed by atoms with Crippen LogP contribution in [0.2, 0.25) is 0 Å². The van der Waals surface area contributed by atoms with Crippen LogP contribution in [0, 0.1) is 0 Å². The van der Waals surface area contributed by atoms with Crippen molar-refractivity contribution >= 4 is 5.97 Å². The molecule has 1 aromatic carbocycles. The summed E-state index contributed by atoms with van der Waals surface area (Å²) in [6.07, 6.45) is 1.85. The van der Waals surface area contributed by atoms with Crippen molar-refractivity contribution in [1.82, 2.24) is 14.7 Å². The Morgan fingerprint density at radius 1 is 1.17 bits per heavy atom. The van der Waals surface area contributed by atoms with Crippen LogP contribution in [-0.4, -0.2) is 65.8 Å². The second-order valence-electron chi connectivity index (χ2n) is 7.42. The van der Waals surface area contributed by atoms with Crippen LogP contribution in [-0.2, 0) is 16.0 Å². The van der Waals surface area contributed by atoms with Gasteiger partial charge in [0.15, 0.2) is 11.5 Å². The van der Waals surface area contributed by atoms with Crippen LogP contribution >= 0.6 is 0 Å². The summed E-state index contributed by atoms with van der Waals surface area (Å²) in [5.41, 5.74) is 2.09. The maximum absolute atomic E-state index is 12.5. The number of fused-ring (bicyclic) bond motifs is 1. The smallest absolute Gasteiger partial charge is 0.341 e. The molecule has 1 aromatic heterocycles. The normalized spacial score (nSPS) is 21.8. The molecule has 8 nitrogen and oxygen atoms in total. The van der Waals surface area contributed by atoms with Crippen LogP contribution < -0.4 is 9.47 Å². The van der Waals surface area contributed by atoms with Crippen LogP contribution in [0.15, 0.2) is 24.4 Å². The second kappa shape index (κ2) is 8.42. The van der Waals surface area contributed by atoms with Gasteiger partial charge in [-0.1, -0.05) is 0 Å². The number of ether oxygens (including phenoxy) is 4. The number of aromatic nitrogens is 2. The molecule has 2 aliphatic heterocycles. The molecule has 3 heterocycles. The highest BCUT2D eigenvalue weighted by Gasteiger charge is 2.27. The molecule has 0 N–H and O–H groups in total. The minimum absolute atomic E-state index is 0.135. The fourth-order valence-corrected chi connectivity index (χ4v) is 3.92. The third kappa shape index (κ3) is 4.23. The second-order valence-corrected chi connectivity index (χ2v) is 7.42. The number of hydrogen-bond acceptors (Lipinski definition) is 7. The molecule has 0 radical (unpaired) electrons. The third-order valence-corrected chi connectivity index (χ3v) is 5.00. The lowest BCUT2D eigenvalue weighted by molar-refractivity contribution is -0.0709. The number of morpholine rings is 1. The van der Waals surface area contributed by atoms with Gasteiger partial charge in [0.1, 0.15) is 18.8 Å². The number of nitrogens with zero attached hydrogens (tertiary/aromatic N) is 3.